The smallest absolute Gasteiger partial charge is 0.226 e. The first-order valence-electron chi connectivity index (χ1n) is 12.5. The molecule has 0 radical (unpaired) electrons. The largest absolute Gasteiger partial charge is 0.365 e. The summed E-state index contributed by atoms with van der Waals surface area (Å²) in [6, 6.07) is 16.8. The van der Waals surface area contributed by atoms with Crippen LogP contribution in [0.15, 0.2) is 73.3 Å². The zero-order chi connectivity index (χ0) is 26.9. The standard InChI is InChI=1S/C28H31Cl2N7O/c1-19(2)12-24(17-32-27(38)14-20-6-8-22(29)9-7-20)34-25-15-26(37-11-10-31-18-37)36-28(35-25)33-16-21-4-3-5-23(30)13-21/h3-11,13,15,18-19,24H,12,14,16-17H2,1-2H3,(H,32,38)(H2,33,34,35,36). The highest BCUT2D eigenvalue weighted by Gasteiger charge is 2.16. The third kappa shape index (κ3) is 8.46. The number of rotatable bonds is 12. The molecule has 0 saturated carbocycles. The fourth-order valence-electron chi connectivity index (χ4n) is 4.00. The number of halogens is 2. The lowest BCUT2D eigenvalue weighted by atomic mass is 10.0. The Bertz CT molecular complexity index is 1330. The lowest BCUT2D eigenvalue weighted by Gasteiger charge is -2.22. The number of carbonyl (C=O) groups is 1. The van der Waals surface area contributed by atoms with Crippen LogP contribution in [0.5, 0.6) is 0 Å². The highest BCUT2D eigenvalue weighted by Crippen LogP contribution is 2.18. The van der Waals surface area contributed by atoms with Gasteiger partial charge in [0.25, 0.3) is 0 Å². The number of aromatic nitrogens is 4. The molecule has 0 fully saturated rings. The van der Waals surface area contributed by atoms with Crippen molar-refractivity contribution in [1.82, 2.24) is 24.8 Å². The average molecular weight is 553 g/mol. The van der Waals surface area contributed by atoms with Gasteiger partial charge in [-0.15, -0.1) is 0 Å². The Hall–Kier alpha value is -3.62. The average Bonchev–Trinajstić information content (AvgIpc) is 3.42. The summed E-state index contributed by atoms with van der Waals surface area (Å²) < 4.78 is 1.82. The van der Waals surface area contributed by atoms with Gasteiger partial charge in [0.2, 0.25) is 11.9 Å². The molecule has 3 N–H and O–H groups in total. The molecule has 2 heterocycles. The van der Waals surface area contributed by atoms with Crippen molar-refractivity contribution < 1.29 is 4.79 Å². The normalized spacial score (nSPS) is 11.8. The topological polar surface area (TPSA) is 96.8 Å². The maximum atomic E-state index is 12.6. The summed E-state index contributed by atoms with van der Waals surface area (Å²) in [5.74, 6) is 2.15. The van der Waals surface area contributed by atoms with Gasteiger partial charge in [0.05, 0.1) is 6.42 Å². The molecule has 0 aliphatic rings. The SMILES string of the molecule is CC(C)CC(CNC(=O)Cc1ccc(Cl)cc1)Nc1cc(-n2ccnc2)nc(NCc2cccc(Cl)c2)n1. The Morgan fingerprint density at radius 3 is 2.53 bits per heavy atom. The fourth-order valence-corrected chi connectivity index (χ4v) is 4.34. The predicted octanol–water partition coefficient (Wildman–Crippen LogP) is 5.77. The molecule has 2 aromatic carbocycles. The number of anilines is 2. The van der Waals surface area contributed by atoms with Crippen molar-refractivity contribution in [2.75, 3.05) is 17.2 Å². The van der Waals surface area contributed by atoms with Gasteiger partial charge in [-0.25, -0.2) is 4.98 Å². The van der Waals surface area contributed by atoms with E-state index in [1.165, 1.54) is 0 Å². The van der Waals surface area contributed by atoms with Crippen molar-refractivity contribution in [2.24, 2.45) is 5.92 Å². The molecule has 2 aromatic heterocycles. The number of carbonyl (C=O) groups excluding carboxylic acids is 1. The fraction of sp³-hybridized carbons (Fsp3) is 0.286. The summed E-state index contributed by atoms with van der Waals surface area (Å²) >= 11 is 12.1. The van der Waals surface area contributed by atoms with Crippen LogP contribution < -0.4 is 16.0 Å². The van der Waals surface area contributed by atoms with Crippen molar-refractivity contribution in [3.05, 3.63) is 94.5 Å². The highest BCUT2D eigenvalue weighted by atomic mass is 35.5. The van der Waals surface area contributed by atoms with E-state index in [0.717, 1.165) is 17.5 Å². The molecule has 4 rings (SSSR count). The molecule has 0 aliphatic heterocycles. The van der Waals surface area contributed by atoms with Crippen LogP contribution in [0.2, 0.25) is 10.0 Å². The summed E-state index contributed by atoms with van der Waals surface area (Å²) in [4.78, 5) is 26.1. The second-order valence-electron chi connectivity index (χ2n) is 9.47. The molecule has 1 atom stereocenters. The number of imidazole rings is 1. The van der Waals surface area contributed by atoms with Crippen LogP contribution in [0.3, 0.4) is 0 Å². The second-order valence-corrected chi connectivity index (χ2v) is 10.3. The number of hydrogen-bond acceptors (Lipinski definition) is 6. The van der Waals surface area contributed by atoms with Gasteiger partial charge in [0, 0.05) is 47.6 Å². The molecule has 38 heavy (non-hydrogen) atoms. The lowest BCUT2D eigenvalue weighted by Crippen LogP contribution is -2.38. The molecule has 0 bridgehead atoms. The van der Waals surface area contributed by atoms with Crippen LogP contribution in [0, 0.1) is 5.92 Å². The first kappa shape index (κ1) is 27.4. The molecule has 198 valence electrons. The number of hydrogen-bond donors (Lipinski definition) is 3. The first-order valence-corrected chi connectivity index (χ1v) is 13.2. The minimum absolute atomic E-state index is 0.0320. The van der Waals surface area contributed by atoms with Gasteiger partial charge in [-0.2, -0.15) is 9.97 Å². The van der Waals surface area contributed by atoms with E-state index >= 15 is 0 Å². The third-order valence-corrected chi connectivity index (χ3v) is 6.24. The zero-order valence-corrected chi connectivity index (χ0v) is 22.9. The number of amides is 1. The van der Waals surface area contributed by atoms with Gasteiger partial charge in [-0.1, -0.05) is 61.3 Å². The first-order chi connectivity index (χ1) is 18.3. The second kappa shape index (κ2) is 13.3. The van der Waals surface area contributed by atoms with Crippen LogP contribution in [-0.4, -0.2) is 38.0 Å². The summed E-state index contributed by atoms with van der Waals surface area (Å²) in [6.07, 6.45) is 6.36. The van der Waals surface area contributed by atoms with E-state index in [1.807, 2.05) is 53.2 Å². The van der Waals surface area contributed by atoms with E-state index < -0.39 is 0 Å². The Labute approximate surface area is 232 Å². The Morgan fingerprint density at radius 1 is 1.00 bits per heavy atom. The molecule has 0 aliphatic carbocycles. The van der Waals surface area contributed by atoms with Gasteiger partial charge < -0.3 is 16.0 Å². The van der Waals surface area contributed by atoms with E-state index in [-0.39, 0.29) is 11.9 Å². The van der Waals surface area contributed by atoms with E-state index in [0.29, 0.717) is 53.1 Å². The van der Waals surface area contributed by atoms with Gasteiger partial charge in [-0.3, -0.25) is 9.36 Å². The Kier molecular flexibility index (Phi) is 9.56. The van der Waals surface area contributed by atoms with Crippen molar-refractivity contribution >= 4 is 40.9 Å². The van der Waals surface area contributed by atoms with E-state index in [4.69, 9.17) is 28.2 Å². The van der Waals surface area contributed by atoms with Crippen LogP contribution >= 0.6 is 23.2 Å². The van der Waals surface area contributed by atoms with Crippen LogP contribution in [0.25, 0.3) is 5.82 Å². The van der Waals surface area contributed by atoms with Crippen LogP contribution in [0.4, 0.5) is 11.8 Å². The maximum absolute atomic E-state index is 12.6. The molecular weight excluding hydrogens is 521 g/mol. The van der Waals surface area contributed by atoms with E-state index in [1.54, 1.807) is 24.7 Å². The minimum Gasteiger partial charge on any atom is -0.365 e. The lowest BCUT2D eigenvalue weighted by molar-refractivity contribution is -0.120. The number of nitrogens with zero attached hydrogens (tertiary/aromatic N) is 4. The van der Waals surface area contributed by atoms with Gasteiger partial charge >= 0.3 is 0 Å². The Balaban J connectivity index is 1.47. The van der Waals surface area contributed by atoms with Crippen LogP contribution in [-0.2, 0) is 17.8 Å². The zero-order valence-electron chi connectivity index (χ0n) is 21.4. The molecular formula is C28H31Cl2N7O. The molecule has 0 spiro atoms. The summed E-state index contributed by atoms with van der Waals surface area (Å²) in [6.45, 7) is 5.28. The van der Waals surface area contributed by atoms with Gasteiger partial charge in [0.1, 0.15) is 18.0 Å². The van der Waals surface area contributed by atoms with Gasteiger partial charge in [0.15, 0.2) is 0 Å². The summed E-state index contributed by atoms with van der Waals surface area (Å²) in [7, 11) is 0. The third-order valence-electron chi connectivity index (χ3n) is 5.75. The number of nitrogens with one attached hydrogen (secondary N) is 3. The molecule has 8 nitrogen and oxygen atoms in total. The predicted molar refractivity (Wildman–Crippen MR) is 153 cm³/mol. The van der Waals surface area contributed by atoms with Crippen LogP contribution in [0.1, 0.15) is 31.4 Å². The highest BCUT2D eigenvalue weighted by molar-refractivity contribution is 6.30. The Morgan fingerprint density at radius 2 is 1.82 bits per heavy atom. The van der Waals surface area contributed by atoms with Gasteiger partial charge in [-0.05, 0) is 47.7 Å². The van der Waals surface area contributed by atoms with Crippen molar-refractivity contribution in [1.29, 1.82) is 0 Å². The van der Waals surface area contributed by atoms with E-state index in [2.05, 4.69) is 39.8 Å². The summed E-state index contributed by atoms with van der Waals surface area (Å²) in [5.41, 5.74) is 1.93. The molecule has 1 amide bonds. The molecule has 4 aromatic rings. The van der Waals surface area contributed by atoms with Crippen molar-refractivity contribution in [3.63, 3.8) is 0 Å². The van der Waals surface area contributed by atoms with Crippen molar-refractivity contribution in [2.45, 2.75) is 39.3 Å². The molecule has 0 saturated heterocycles. The maximum Gasteiger partial charge on any atom is 0.226 e. The number of benzene rings is 2. The monoisotopic (exact) mass is 551 g/mol. The summed E-state index contributed by atoms with van der Waals surface area (Å²) in [5, 5.41) is 11.2. The molecule has 1 unspecified atom stereocenters. The minimum atomic E-state index is -0.0476. The van der Waals surface area contributed by atoms with Crippen molar-refractivity contribution in [3.8, 4) is 5.82 Å². The van der Waals surface area contributed by atoms with E-state index in [9.17, 15) is 4.79 Å². The quantitative estimate of drug-likeness (QED) is 0.207. The molecule has 10 heteroatoms.